The zero-order chi connectivity index (χ0) is 14.5. The van der Waals surface area contributed by atoms with E-state index in [4.69, 9.17) is 0 Å². The zero-order valence-corrected chi connectivity index (χ0v) is 10.9. The van der Waals surface area contributed by atoms with Crippen molar-refractivity contribution in [1.29, 1.82) is 0 Å². The summed E-state index contributed by atoms with van der Waals surface area (Å²) >= 11 is 0. The molecule has 5 heteroatoms. The van der Waals surface area contributed by atoms with Crippen molar-refractivity contribution in [3.63, 3.8) is 0 Å². The molecule has 0 saturated heterocycles. The molecule has 1 aromatic heterocycles. The molecule has 0 N–H and O–H groups in total. The second-order valence-corrected chi connectivity index (χ2v) is 4.19. The Hall–Kier alpha value is -2.56. The second kappa shape index (κ2) is 6.06. The average molecular weight is 274 g/mol. The van der Waals surface area contributed by atoms with Gasteiger partial charge in [-0.1, -0.05) is 0 Å². The molecule has 102 valence electrons. The van der Waals surface area contributed by atoms with Gasteiger partial charge in [0.15, 0.2) is 12.4 Å². The first-order valence-corrected chi connectivity index (χ1v) is 5.96. The predicted octanol–water partition coefficient (Wildman–Crippen LogP) is 1.78. The third-order valence-electron chi connectivity index (χ3n) is 2.77. The van der Waals surface area contributed by atoms with Crippen LogP contribution >= 0.6 is 0 Å². The zero-order valence-electron chi connectivity index (χ0n) is 10.9. The highest BCUT2D eigenvalue weighted by atomic mass is 19.1. The monoisotopic (exact) mass is 274 g/mol. The number of aromatic nitrogens is 1. The first-order chi connectivity index (χ1) is 9.60. The van der Waals surface area contributed by atoms with Crippen molar-refractivity contribution in [3.8, 4) is 0 Å². The Labute approximate surface area is 115 Å². The Balaban J connectivity index is 2.15. The number of halogens is 1. The normalized spacial score (nSPS) is 10.1. The summed E-state index contributed by atoms with van der Waals surface area (Å²) in [4.78, 5) is 23.4. The molecule has 0 atom stereocenters. The van der Waals surface area contributed by atoms with Gasteiger partial charge in [0.05, 0.1) is 7.11 Å². The van der Waals surface area contributed by atoms with Gasteiger partial charge in [-0.25, -0.2) is 9.18 Å². The summed E-state index contributed by atoms with van der Waals surface area (Å²) < 4.78 is 19.0. The number of ether oxygens (including phenoxy) is 1. The van der Waals surface area contributed by atoms with Crippen molar-refractivity contribution in [1.82, 2.24) is 0 Å². The van der Waals surface area contributed by atoms with Crippen LogP contribution < -0.4 is 4.57 Å². The molecule has 20 heavy (non-hydrogen) atoms. The Bertz CT molecular complexity index is 638. The van der Waals surface area contributed by atoms with Gasteiger partial charge < -0.3 is 4.74 Å². The molecule has 0 amide bonds. The average Bonchev–Trinajstić information content (AvgIpc) is 2.47. The van der Waals surface area contributed by atoms with Crippen LogP contribution in [0.25, 0.3) is 0 Å². The predicted molar refractivity (Wildman–Crippen MR) is 68.7 cm³/mol. The van der Waals surface area contributed by atoms with Crippen LogP contribution in [0.1, 0.15) is 20.7 Å². The number of Topliss-reactive ketones (excluding diaryl/α,β-unsaturated/α-hetero) is 1. The van der Waals surface area contributed by atoms with E-state index in [1.807, 2.05) is 0 Å². The Morgan fingerprint density at radius 3 is 2.50 bits per heavy atom. The Kier molecular flexibility index (Phi) is 4.20. The number of nitrogens with zero attached hydrogens (tertiary/aromatic N) is 1. The fourth-order valence-electron chi connectivity index (χ4n) is 1.75. The minimum absolute atomic E-state index is 0.0659. The van der Waals surface area contributed by atoms with E-state index in [0.29, 0.717) is 11.1 Å². The molecule has 1 heterocycles. The summed E-state index contributed by atoms with van der Waals surface area (Å²) in [5.74, 6) is -1.02. The highest BCUT2D eigenvalue weighted by Gasteiger charge is 2.15. The van der Waals surface area contributed by atoms with Crippen LogP contribution in [-0.2, 0) is 11.3 Å². The highest BCUT2D eigenvalue weighted by Crippen LogP contribution is 2.04. The summed E-state index contributed by atoms with van der Waals surface area (Å²) in [7, 11) is 1.29. The van der Waals surface area contributed by atoms with Crippen LogP contribution in [0.3, 0.4) is 0 Å². The highest BCUT2D eigenvalue weighted by molar-refractivity contribution is 5.95. The fourth-order valence-corrected chi connectivity index (χ4v) is 1.75. The lowest BCUT2D eigenvalue weighted by Crippen LogP contribution is -2.38. The van der Waals surface area contributed by atoms with E-state index in [1.54, 1.807) is 22.9 Å². The summed E-state index contributed by atoms with van der Waals surface area (Å²) in [6, 6.07) is 8.60. The fraction of sp³-hybridized carbons (Fsp3) is 0.133. The molecule has 0 saturated carbocycles. The van der Waals surface area contributed by atoms with Gasteiger partial charge in [0, 0.05) is 11.6 Å². The summed E-state index contributed by atoms with van der Waals surface area (Å²) in [5.41, 5.74) is 0.782. The van der Waals surface area contributed by atoms with Gasteiger partial charge in [-0.05, 0) is 30.3 Å². The number of carbonyl (C=O) groups is 2. The first kappa shape index (κ1) is 13.9. The Morgan fingerprint density at radius 2 is 1.85 bits per heavy atom. The molecule has 0 aliphatic heterocycles. The molecule has 0 fully saturated rings. The minimum Gasteiger partial charge on any atom is -0.465 e. The van der Waals surface area contributed by atoms with Gasteiger partial charge in [-0.15, -0.1) is 0 Å². The van der Waals surface area contributed by atoms with Gasteiger partial charge in [-0.2, -0.15) is 4.57 Å². The van der Waals surface area contributed by atoms with Crippen molar-refractivity contribution >= 4 is 11.8 Å². The number of benzene rings is 1. The lowest BCUT2D eigenvalue weighted by atomic mass is 10.1. The minimum atomic E-state index is -0.464. The van der Waals surface area contributed by atoms with E-state index in [1.165, 1.54) is 37.6 Å². The molecule has 4 nitrogen and oxygen atoms in total. The number of hydrogen-bond donors (Lipinski definition) is 0. The lowest BCUT2D eigenvalue weighted by molar-refractivity contribution is -0.683. The first-order valence-electron chi connectivity index (χ1n) is 5.96. The van der Waals surface area contributed by atoms with Crippen LogP contribution in [0.4, 0.5) is 4.39 Å². The van der Waals surface area contributed by atoms with Gasteiger partial charge in [0.1, 0.15) is 11.4 Å². The Morgan fingerprint density at radius 1 is 1.15 bits per heavy atom. The van der Waals surface area contributed by atoms with Crippen molar-refractivity contribution in [2.45, 2.75) is 6.54 Å². The molecule has 0 radical (unpaired) electrons. The van der Waals surface area contributed by atoms with Gasteiger partial charge in [0.25, 0.3) is 0 Å². The van der Waals surface area contributed by atoms with Crippen molar-refractivity contribution in [2.24, 2.45) is 0 Å². The number of pyridine rings is 1. The molecule has 0 bridgehead atoms. The molecular formula is C15H13FNO3+. The summed E-state index contributed by atoms with van der Waals surface area (Å²) in [6.07, 6.45) is 3.21. The maximum Gasteiger partial charge on any atom is 0.343 e. The van der Waals surface area contributed by atoms with Crippen LogP contribution in [0, 0.1) is 5.82 Å². The molecule has 0 aliphatic rings. The smallest absolute Gasteiger partial charge is 0.343 e. The third-order valence-corrected chi connectivity index (χ3v) is 2.77. The molecule has 0 aliphatic carbocycles. The van der Waals surface area contributed by atoms with Gasteiger partial charge >= 0.3 is 5.97 Å². The molecule has 2 rings (SSSR count). The van der Waals surface area contributed by atoms with E-state index in [9.17, 15) is 14.0 Å². The second-order valence-electron chi connectivity index (χ2n) is 4.19. The number of carbonyl (C=O) groups excluding carboxylic acids is 2. The van der Waals surface area contributed by atoms with Crippen LogP contribution in [0.15, 0.2) is 48.8 Å². The number of ketones is 1. The summed E-state index contributed by atoms with van der Waals surface area (Å²) in [5, 5.41) is 0. The summed E-state index contributed by atoms with van der Waals surface area (Å²) in [6.45, 7) is 0.0659. The number of rotatable bonds is 4. The van der Waals surface area contributed by atoms with Crippen LogP contribution in [-0.4, -0.2) is 18.9 Å². The maximum atomic E-state index is 12.8. The standard InChI is InChI=1S/C15H13FNO3/c1-20-15(19)12-3-2-8-17(9-12)10-14(18)11-4-6-13(16)7-5-11/h2-9H,10H2,1H3/q+1. The number of hydrogen-bond acceptors (Lipinski definition) is 3. The topological polar surface area (TPSA) is 47.2 Å². The number of methoxy groups -OCH3 is 1. The number of esters is 1. The SMILES string of the molecule is COC(=O)c1ccc[n+](CC(=O)c2ccc(F)cc2)c1. The van der Waals surface area contributed by atoms with Gasteiger partial charge in [0.2, 0.25) is 12.3 Å². The van der Waals surface area contributed by atoms with E-state index in [-0.39, 0.29) is 18.1 Å². The van der Waals surface area contributed by atoms with E-state index >= 15 is 0 Å². The van der Waals surface area contributed by atoms with E-state index < -0.39 is 5.97 Å². The quantitative estimate of drug-likeness (QED) is 0.485. The van der Waals surface area contributed by atoms with Crippen molar-refractivity contribution < 1.29 is 23.3 Å². The largest absolute Gasteiger partial charge is 0.465 e. The van der Waals surface area contributed by atoms with Gasteiger partial charge in [-0.3, -0.25) is 4.79 Å². The molecular weight excluding hydrogens is 261 g/mol. The van der Waals surface area contributed by atoms with E-state index in [2.05, 4.69) is 4.74 Å². The molecule has 1 aromatic carbocycles. The maximum absolute atomic E-state index is 12.8. The third kappa shape index (κ3) is 3.26. The van der Waals surface area contributed by atoms with Crippen molar-refractivity contribution in [3.05, 3.63) is 65.7 Å². The molecule has 0 unspecified atom stereocenters. The van der Waals surface area contributed by atoms with Crippen LogP contribution in [0.5, 0.6) is 0 Å². The molecule has 2 aromatic rings. The van der Waals surface area contributed by atoms with Crippen LogP contribution in [0.2, 0.25) is 0 Å². The van der Waals surface area contributed by atoms with E-state index in [0.717, 1.165) is 0 Å². The lowest BCUT2D eigenvalue weighted by Gasteiger charge is -2.00. The molecule has 0 spiro atoms. The van der Waals surface area contributed by atoms with Crippen molar-refractivity contribution in [2.75, 3.05) is 7.11 Å².